The number of halogens is 1. The minimum absolute atomic E-state index is 0.172. The summed E-state index contributed by atoms with van der Waals surface area (Å²) in [6.45, 7) is 1.90. The number of aromatic nitrogens is 1. The first-order valence-corrected chi connectivity index (χ1v) is 9.14. The van der Waals surface area contributed by atoms with Gasteiger partial charge in [0.05, 0.1) is 11.6 Å². The maximum atomic E-state index is 12.9. The van der Waals surface area contributed by atoms with Crippen molar-refractivity contribution in [3.8, 4) is 5.75 Å². The van der Waals surface area contributed by atoms with Crippen molar-refractivity contribution in [3.63, 3.8) is 0 Å². The van der Waals surface area contributed by atoms with Gasteiger partial charge in [-0.05, 0) is 44.0 Å². The van der Waals surface area contributed by atoms with Crippen LogP contribution in [0.5, 0.6) is 5.75 Å². The number of hydrogen-bond acceptors (Lipinski definition) is 5. The Bertz CT molecular complexity index is 806. The number of carbonyl (C=O) groups is 2. The molecule has 2 N–H and O–H groups in total. The molecule has 2 aromatic rings. The van der Waals surface area contributed by atoms with Crippen molar-refractivity contribution in [2.75, 3.05) is 0 Å². The number of aliphatic carboxylic acids is 1. The lowest BCUT2D eigenvalue weighted by atomic mass is 10.0. The molecular formula is C18H19FN2O4S. The summed E-state index contributed by atoms with van der Waals surface area (Å²) in [5.74, 6) is -1.53. The monoisotopic (exact) mass is 378 g/mol. The highest BCUT2D eigenvalue weighted by Crippen LogP contribution is 2.27. The number of benzene rings is 1. The number of carboxylic acids is 1. The van der Waals surface area contributed by atoms with Gasteiger partial charge in [0.1, 0.15) is 28.1 Å². The minimum atomic E-state index is -0.873. The fourth-order valence-corrected chi connectivity index (χ4v) is 3.94. The third-order valence-electron chi connectivity index (χ3n) is 4.37. The zero-order valence-electron chi connectivity index (χ0n) is 14.2. The van der Waals surface area contributed by atoms with Gasteiger partial charge in [-0.25, -0.2) is 9.37 Å². The molecule has 138 valence electrons. The van der Waals surface area contributed by atoms with Gasteiger partial charge in [0.25, 0.3) is 5.91 Å². The fourth-order valence-electron chi connectivity index (χ4n) is 3.06. The first kappa shape index (κ1) is 18.3. The summed E-state index contributed by atoms with van der Waals surface area (Å²) in [6.07, 6.45) is 2.04. The Hall–Kier alpha value is -2.48. The molecule has 3 rings (SSSR count). The molecule has 0 aliphatic heterocycles. The molecule has 1 fully saturated rings. The maximum Gasteiger partial charge on any atom is 0.308 e. The third kappa shape index (κ3) is 4.19. The summed E-state index contributed by atoms with van der Waals surface area (Å²) in [5.41, 5.74) is 0.579. The molecule has 6 nitrogen and oxygen atoms in total. The van der Waals surface area contributed by atoms with Gasteiger partial charge in [-0.15, -0.1) is 11.3 Å². The number of carboxylic acid groups (broad SMARTS) is 1. The summed E-state index contributed by atoms with van der Waals surface area (Å²) >= 11 is 1.21. The van der Waals surface area contributed by atoms with Crippen LogP contribution in [-0.4, -0.2) is 28.0 Å². The lowest BCUT2D eigenvalue weighted by molar-refractivity contribution is -0.142. The van der Waals surface area contributed by atoms with Gasteiger partial charge in [-0.2, -0.15) is 0 Å². The van der Waals surface area contributed by atoms with Gasteiger partial charge in [0, 0.05) is 6.04 Å². The Morgan fingerprint density at radius 1 is 1.35 bits per heavy atom. The van der Waals surface area contributed by atoms with Crippen LogP contribution in [0.25, 0.3) is 0 Å². The largest absolute Gasteiger partial charge is 0.486 e. The van der Waals surface area contributed by atoms with Crippen molar-refractivity contribution in [2.45, 2.75) is 38.8 Å². The molecule has 0 unspecified atom stereocenters. The maximum absolute atomic E-state index is 12.9. The molecule has 1 aliphatic rings. The number of carbonyl (C=O) groups excluding carboxylic acids is 1. The van der Waals surface area contributed by atoms with E-state index in [1.165, 1.54) is 35.6 Å². The Labute approximate surface area is 154 Å². The second-order valence-electron chi connectivity index (χ2n) is 6.22. The van der Waals surface area contributed by atoms with E-state index < -0.39 is 11.9 Å². The zero-order valence-corrected chi connectivity index (χ0v) is 15.0. The van der Waals surface area contributed by atoms with Crippen LogP contribution in [0.4, 0.5) is 4.39 Å². The van der Waals surface area contributed by atoms with E-state index in [2.05, 4.69) is 10.3 Å². The molecule has 0 spiro atoms. The first-order valence-electron chi connectivity index (χ1n) is 8.32. The second-order valence-corrected chi connectivity index (χ2v) is 7.30. The molecule has 1 heterocycles. The van der Waals surface area contributed by atoms with Crippen molar-refractivity contribution in [1.29, 1.82) is 0 Å². The topological polar surface area (TPSA) is 88.5 Å². The van der Waals surface area contributed by atoms with E-state index in [-0.39, 0.29) is 24.4 Å². The average molecular weight is 378 g/mol. The van der Waals surface area contributed by atoms with Crippen molar-refractivity contribution < 1.29 is 23.8 Å². The molecule has 0 bridgehead atoms. The van der Waals surface area contributed by atoms with Gasteiger partial charge in [0.15, 0.2) is 0 Å². The molecule has 1 amide bonds. The van der Waals surface area contributed by atoms with Crippen molar-refractivity contribution >= 4 is 23.2 Å². The molecule has 0 saturated heterocycles. The van der Waals surface area contributed by atoms with Crippen LogP contribution in [0.2, 0.25) is 0 Å². The molecule has 1 aromatic carbocycles. The SMILES string of the molecule is Cc1nc(COc2ccc(F)cc2)sc1C(=O)N[C@@H]1CCC[C@@H]1C(=O)O. The highest BCUT2D eigenvalue weighted by Gasteiger charge is 2.34. The summed E-state index contributed by atoms with van der Waals surface area (Å²) in [4.78, 5) is 28.5. The standard InChI is InChI=1S/C18H19FN2O4S/c1-10-16(17(22)21-14-4-2-3-13(14)18(23)24)26-15(20-10)9-25-12-7-5-11(19)6-8-12/h5-8,13-14H,2-4,9H2,1H3,(H,21,22)(H,23,24)/t13-,14+/m0/s1. The van der Waals surface area contributed by atoms with Crippen molar-refractivity contribution in [1.82, 2.24) is 10.3 Å². The summed E-state index contributed by atoms with van der Waals surface area (Å²) < 4.78 is 18.4. The predicted octanol–water partition coefficient (Wildman–Crippen LogP) is 3.15. The predicted molar refractivity (Wildman–Crippen MR) is 93.8 cm³/mol. The average Bonchev–Trinajstić information content (AvgIpc) is 3.21. The van der Waals surface area contributed by atoms with E-state index in [0.29, 0.717) is 34.2 Å². The van der Waals surface area contributed by atoms with Crippen LogP contribution >= 0.6 is 11.3 Å². The van der Waals surface area contributed by atoms with Gasteiger partial charge in [0.2, 0.25) is 0 Å². The Morgan fingerprint density at radius 3 is 2.77 bits per heavy atom. The number of nitrogens with zero attached hydrogens (tertiary/aromatic N) is 1. The Morgan fingerprint density at radius 2 is 2.08 bits per heavy atom. The first-order chi connectivity index (χ1) is 12.4. The Kier molecular flexibility index (Phi) is 5.51. The van der Waals surface area contributed by atoms with E-state index in [0.717, 1.165) is 6.42 Å². The van der Waals surface area contributed by atoms with E-state index >= 15 is 0 Å². The molecular weight excluding hydrogens is 359 g/mol. The number of rotatable bonds is 6. The van der Waals surface area contributed by atoms with Gasteiger partial charge in [-0.3, -0.25) is 9.59 Å². The molecule has 1 aliphatic carbocycles. The van der Waals surface area contributed by atoms with Gasteiger partial charge in [-0.1, -0.05) is 6.42 Å². The molecule has 26 heavy (non-hydrogen) atoms. The molecule has 1 saturated carbocycles. The summed E-state index contributed by atoms with van der Waals surface area (Å²) in [7, 11) is 0. The zero-order chi connectivity index (χ0) is 18.7. The highest BCUT2D eigenvalue weighted by molar-refractivity contribution is 7.13. The Balaban J connectivity index is 1.62. The van der Waals surface area contributed by atoms with Crippen LogP contribution in [0.3, 0.4) is 0 Å². The van der Waals surface area contributed by atoms with Gasteiger partial charge < -0.3 is 15.2 Å². The third-order valence-corrected chi connectivity index (χ3v) is 5.50. The van der Waals surface area contributed by atoms with E-state index in [4.69, 9.17) is 4.74 Å². The number of thiazole rings is 1. The van der Waals surface area contributed by atoms with Crippen LogP contribution in [0.15, 0.2) is 24.3 Å². The van der Waals surface area contributed by atoms with Crippen molar-refractivity contribution in [2.24, 2.45) is 5.92 Å². The van der Waals surface area contributed by atoms with Crippen LogP contribution in [0, 0.1) is 18.7 Å². The van der Waals surface area contributed by atoms with Gasteiger partial charge >= 0.3 is 5.97 Å². The highest BCUT2D eigenvalue weighted by atomic mass is 32.1. The smallest absolute Gasteiger partial charge is 0.308 e. The number of aryl methyl sites for hydroxylation is 1. The molecule has 0 radical (unpaired) electrons. The lowest BCUT2D eigenvalue weighted by Gasteiger charge is -2.17. The van der Waals surface area contributed by atoms with E-state index in [9.17, 15) is 19.1 Å². The fraction of sp³-hybridized carbons (Fsp3) is 0.389. The van der Waals surface area contributed by atoms with Crippen molar-refractivity contribution in [3.05, 3.63) is 45.7 Å². The van der Waals surface area contributed by atoms with E-state index in [1.807, 2.05) is 0 Å². The van der Waals surface area contributed by atoms with Crippen LogP contribution in [-0.2, 0) is 11.4 Å². The molecule has 8 heteroatoms. The quantitative estimate of drug-likeness (QED) is 0.806. The number of nitrogens with one attached hydrogen (secondary N) is 1. The number of ether oxygens (including phenoxy) is 1. The van der Waals surface area contributed by atoms with E-state index in [1.54, 1.807) is 6.92 Å². The molecule has 1 aromatic heterocycles. The number of hydrogen-bond donors (Lipinski definition) is 2. The summed E-state index contributed by atoms with van der Waals surface area (Å²) in [5, 5.41) is 12.7. The lowest BCUT2D eigenvalue weighted by Crippen LogP contribution is -2.40. The molecule has 2 atom stereocenters. The summed E-state index contributed by atoms with van der Waals surface area (Å²) in [6, 6.07) is 5.31. The second kappa shape index (κ2) is 7.82. The minimum Gasteiger partial charge on any atom is -0.486 e. The normalized spacial score (nSPS) is 19.3. The van der Waals surface area contributed by atoms with Crippen LogP contribution < -0.4 is 10.1 Å². The van der Waals surface area contributed by atoms with Crippen LogP contribution in [0.1, 0.15) is 39.6 Å². The number of amides is 1.